The molecule has 3 heterocycles. The van der Waals surface area contributed by atoms with E-state index in [1.807, 2.05) is 12.1 Å². The van der Waals surface area contributed by atoms with Crippen molar-refractivity contribution < 1.29 is 0 Å². The molecule has 6 nitrogen and oxygen atoms in total. The molecule has 0 aromatic carbocycles. The van der Waals surface area contributed by atoms with Crippen molar-refractivity contribution in [3.63, 3.8) is 0 Å². The fourth-order valence-electron chi connectivity index (χ4n) is 1.39. The maximum absolute atomic E-state index is 10.9. The van der Waals surface area contributed by atoms with Crippen LogP contribution >= 0.6 is 11.3 Å². The molecule has 0 atom stereocenters. The van der Waals surface area contributed by atoms with E-state index in [1.54, 1.807) is 17.1 Å². The first-order chi connectivity index (χ1) is 8.33. The molecule has 3 aromatic heterocycles. The number of aromatic nitrogens is 5. The Hall–Kier alpha value is -2.28. The van der Waals surface area contributed by atoms with Crippen molar-refractivity contribution in [1.29, 1.82) is 0 Å². The number of aromatic amines is 1. The van der Waals surface area contributed by atoms with E-state index in [0.29, 0.717) is 0 Å². The average Bonchev–Trinajstić information content (AvgIpc) is 3.00. The zero-order chi connectivity index (χ0) is 11.7. The molecule has 3 aromatic rings. The molecular weight excluding hydrogens is 238 g/mol. The molecule has 0 saturated carbocycles. The van der Waals surface area contributed by atoms with Gasteiger partial charge in [-0.15, -0.1) is 11.3 Å². The van der Waals surface area contributed by atoms with Gasteiger partial charge in [0, 0.05) is 6.07 Å². The molecule has 0 spiro atoms. The summed E-state index contributed by atoms with van der Waals surface area (Å²) in [5.41, 5.74) is 0.530. The van der Waals surface area contributed by atoms with Crippen LogP contribution in [0.1, 0.15) is 0 Å². The average molecular weight is 245 g/mol. The van der Waals surface area contributed by atoms with E-state index < -0.39 is 0 Å². The van der Waals surface area contributed by atoms with Crippen molar-refractivity contribution in [2.45, 2.75) is 0 Å². The first-order valence-electron chi connectivity index (χ1n) is 4.84. The van der Waals surface area contributed by atoms with Crippen LogP contribution in [-0.2, 0) is 0 Å². The fourth-order valence-corrected chi connectivity index (χ4v) is 2.30. The van der Waals surface area contributed by atoms with Gasteiger partial charge in [0.15, 0.2) is 0 Å². The highest BCUT2D eigenvalue weighted by Gasteiger charge is 2.05. The van der Waals surface area contributed by atoms with E-state index in [0.717, 1.165) is 15.6 Å². The molecule has 0 aliphatic rings. The van der Waals surface area contributed by atoms with Gasteiger partial charge in [0.25, 0.3) is 5.56 Å². The highest BCUT2D eigenvalue weighted by molar-refractivity contribution is 7.17. The largest absolute Gasteiger partial charge is 0.268 e. The van der Waals surface area contributed by atoms with Crippen LogP contribution in [0.5, 0.6) is 0 Å². The lowest BCUT2D eigenvalue weighted by molar-refractivity contribution is 0.896. The third-order valence-corrected chi connectivity index (χ3v) is 3.27. The maximum Gasteiger partial charge on any atom is 0.264 e. The summed E-state index contributed by atoms with van der Waals surface area (Å²) in [5, 5.41) is 11.4. The zero-order valence-corrected chi connectivity index (χ0v) is 9.39. The molecule has 0 aliphatic carbocycles. The summed E-state index contributed by atoms with van der Waals surface area (Å²) in [6, 6.07) is 7.01. The highest BCUT2D eigenvalue weighted by Crippen LogP contribution is 2.27. The van der Waals surface area contributed by atoms with Crippen LogP contribution < -0.4 is 5.56 Å². The van der Waals surface area contributed by atoms with E-state index in [1.165, 1.54) is 23.7 Å². The van der Waals surface area contributed by atoms with Gasteiger partial charge in [-0.3, -0.25) is 4.79 Å². The van der Waals surface area contributed by atoms with Crippen LogP contribution in [0.4, 0.5) is 0 Å². The smallest absolute Gasteiger partial charge is 0.264 e. The van der Waals surface area contributed by atoms with E-state index in [9.17, 15) is 4.79 Å². The van der Waals surface area contributed by atoms with Gasteiger partial charge in [0.05, 0.1) is 4.88 Å². The molecule has 0 fully saturated rings. The monoisotopic (exact) mass is 245 g/mol. The maximum atomic E-state index is 10.9. The lowest BCUT2D eigenvalue weighted by Crippen LogP contribution is -2.05. The summed E-state index contributed by atoms with van der Waals surface area (Å²) in [5.74, 6) is 0. The summed E-state index contributed by atoms with van der Waals surface area (Å²) >= 11 is 1.53. The topological polar surface area (TPSA) is 76.5 Å². The molecule has 17 heavy (non-hydrogen) atoms. The Kier molecular flexibility index (Phi) is 2.30. The number of H-pyrrole nitrogens is 1. The quantitative estimate of drug-likeness (QED) is 0.733. The molecule has 0 saturated heterocycles. The Morgan fingerprint density at radius 3 is 2.88 bits per heavy atom. The van der Waals surface area contributed by atoms with Gasteiger partial charge >= 0.3 is 0 Å². The number of hydrogen-bond acceptors (Lipinski definition) is 5. The Morgan fingerprint density at radius 1 is 1.24 bits per heavy atom. The molecule has 0 bridgehead atoms. The van der Waals surface area contributed by atoms with Gasteiger partial charge in [-0.25, -0.2) is 14.8 Å². The first-order valence-corrected chi connectivity index (χ1v) is 5.65. The first kappa shape index (κ1) is 9.91. The third-order valence-electron chi connectivity index (χ3n) is 2.17. The van der Waals surface area contributed by atoms with Crippen LogP contribution in [0.3, 0.4) is 0 Å². The van der Waals surface area contributed by atoms with Crippen LogP contribution in [0.15, 0.2) is 41.7 Å². The zero-order valence-electron chi connectivity index (χ0n) is 8.57. The summed E-state index contributed by atoms with van der Waals surface area (Å²) in [4.78, 5) is 15.8. The van der Waals surface area contributed by atoms with Crippen LogP contribution in [-0.4, -0.2) is 25.0 Å². The van der Waals surface area contributed by atoms with E-state index in [4.69, 9.17) is 0 Å². The highest BCUT2D eigenvalue weighted by atomic mass is 32.1. The Bertz CT molecular complexity index is 664. The Morgan fingerprint density at radius 2 is 2.18 bits per heavy atom. The number of hydrogen-bond donors (Lipinski definition) is 1. The Labute approximate surface area is 99.6 Å². The molecular formula is C10H7N5OS. The van der Waals surface area contributed by atoms with E-state index in [-0.39, 0.29) is 5.56 Å². The van der Waals surface area contributed by atoms with Crippen molar-refractivity contribution in [3.05, 3.63) is 47.3 Å². The number of thiophene rings is 1. The van der Waals surface area contributed by atoms with Crippen LogP contribution in [0, 0.1) is 0 Å². The van der Waals surface area contributed by atoms with Crippen molar-refractivity contribution in [2.24, 2.45) is 0 Å². The van der Waals surface area contributed by atoms with Crippen molar-refractivity contribution in [3.8, 4) is 15.6 Å². The summed E-state index contributed by atoms with van der Waals surface area (Å²) < 4.78 is 1.68. The number of nitrogens with zero attached hydrogens (tertiary/aromatic N) is 4. The SMILES string of the molecule is O=c1ccc(-c2ccc(-n3cncn3)s2)n[nH]1. The van der Waals surface area contributed by atoms with Crippen LogP contribution in [0.25, 0.3) is 15.6 Å². The minimum absolute atomic E-state index is 0.207. The fraction of sp³-hybridized carbons (Fsp3) is 0. The predicted octanol–water partition coefficient (Wildman–Crippen LogP) is 1.08. The van der Waals surface area contributed by atoms with Gasteiger partial charge in [0.1, 0.15) is 23.3 Å². The van der Waals surface area contributed by atoms with E-state index in [2.05, 4.69) is 20.3 Å². The normalized spacial score (nSPS) is 10.6. The van der Waals surface area contributed by atoms with Crippen molar-refractivity contribution in [1.82, 2.24) is 25.0 Å². The minimum atomic E-state index is -0.207. The van der Waals surface area contributed by atoms with E-state index >= 15 is 0 Å². The van der Waals surface area contributed by atoms with Gasteiger partial charge in [-0.05, 0) is 18.2 Å². The van der Waals surface area contributed by atoms with Crippen molar-refractivity contribution >= 4 is 11.3 Å². The number of nitrogens with one attached hydrogen (secondary N) is 1. The van der Waals surface area contributed by atoms with Crippen molar-refractivity contribution in [2.75, 3.05) is 0 Å². The predicted molar refractivity (Wildman–Crippen MR) is 63.1 cm³/mol. The lowest BCUT2D eigenvalue weighted by Gasteiger charge is -1.94. The molecule has 0 amide bonds. The second-order valence-electron chi connectivity index (χ2n) is 3.28. The van der Waals surface area contributed by atoms with Gasteiger partial charge in [0.2, 0.25) is 0 Å². The standard InChI is InChI=1S/C10H7N5OS/c16-9-3-1-7(13-14-9)8-2-4-10(17-8)15-6-11-5-12-15/h1-6H,(H,14,16). The molecule has 84 valence electrons. The second kappa shape index (κ2) is 3.95. The second-order valence-corrected chi connectivity index (χ2v) is 4.35. The van der Waals surface area contributed by atoms with Gasteiger partial charge in [-0.1, -0.05) is 0 Å². The van der Waals surface area contributed by atoms with Gasteiger partial charge < -0.3 is 0 Å². The minimum Gasteiger partial charge on any atom is -0.268 e. The molecule has 0 unspecified atom stereocenters. The third kappa shape index (κ3) is 1.87. The number of rotatable bonds is 2. The van der Waals surface area contributed by atoms with Crippen LogP contribution in [0.2, 0.25) is 0 Å². The molecule has 3 rings (SSSR count). The summed E-state index contributed by atoms with van der Waals surface area (Å²) in [6.07, 6.45) is 3.12. The van der Waals surface area contributed by atoms with Gasteiger partial charge in [-0.2, -0.15) is 10.2 Å². The molecule has 0 aliphatic heterocycles. The molecule has 0 radical (unpaired) electrons. The summed E-state index contributed by atoms with van der Waals surface area (Å²) in [7, 11) is 0. The molecule has 7 heteroatoms. The molecule has 1 N–H and O–H groups in total. The summed E-state index contributed by atoms with van der Waals surface area (Å²) in [6.45, 7) is 0. The lowest BCUT2D eigenvalue weighted by atomic mass is 10.3. The Balaban J connectivity index is 2.00.